The van der Waals surface area contributed by atoms with Crippen LogP contribution in [0.1, 0.15) is 12.5 Å². The van der Waals surface area contributed by atoms with Gasteiger partial charge in [0.15, 0.2) is 5.82 Å². The van der Waals surface area contributed by atoms with Gasteiger partial charge in [0.1, 0.15) is 5.75 Å². The standard InChI is InChI=1S/C27H29N5O4S2/c1-2-36-23-13-15-24(16-14-23)38(34,35)32(19-21-9-5-3-6-10-21)20-25(33)28-17-18-37-27-29-26(30-31-27)22-11-7-4-8-12-22/h3-16H,2,17-20H2,1H3,(H,28,33)(H,29,30,31). The SMILES string of the molecule is CCOc1ccc(S(=O)(=O)N(CC(=O)NCCSc2n[nH]c(-c3ccccc3)n2)Cc2ccccc2)cc1. The zero-order valence-corrected chi connectivity index (χ0v) is 22.5. The van der Waals surface area contributed by atoms with Crippen molar-refractivity contribution in [3.8, 4) is 17.1 Å². The predicted octanol–water partition coefficient (Wildman–Crippen LogP) is 3.97. The van der Waals surface area contributed by atoms with Gasteiger partial charge in [0, 0.05) is 24.4 Å². The van der Waals surface area contributed by atoms with Crippen LogP contribution >= 0.6 is 11.8 Å². The van der Waals surface area contributed by atoms with Crippen molar-refractivity contribution in [3.05, 3.63) is 90.5 Å². The molecular weight excluding hydrogens is 522 g/mol. The Hall–Kier alpha value is -3.67. The summed E-state index contributed by atoms with van der Waals surface area (Å²) in [5.74, 6) is 1.39. The number of nitrogens with zero attached hydrogens (tertiary/aromatic N) is 3. The van der Waals surface area contributed by atoms with Gasteiger partial charge in [-0.1, -0.05) is 72.4 Å². The number of amides is 1. The molecule has 0 bridgehead atoms. The van der Waals surface area contributed by atoms with Crippen molar-refractivity contribution >= 4 is 27.7 Å². The number of sulfonamides is 1. The van der Waals surface area contributed by atoms with E-state index in [-0.39, 0.29) is 18.0 Å². The van der Waals surface area contributed by atoms with Crippen LogP contribution in [0.3, 0.4) is 0 Å². The van der Waals surface area contributed by atoms with Crippen LogP contribution in [-0.4, -0.2) is 59.3 Å². The number of hydrogen-bond acceptors (Lipinski definition) is 7. The highest BCUT2D eigenvalue weighted by atomic mass is 32.2. The molecule has 0 spiro atoms. The molecule has 3 aromatic carbocycles. The van der Waals surface area contributed by atoms with Gasteiger partial charge in [0.05, 0.1) is 18.0 Å². The highest BCUT2D eigenvalue weighted by Crippen LogP contribution is 2.22. The van der Waals surface area contributed by atoms with Gasteiger partial charge in [-0.25, -0.2) is 13.4 Å². The first-order valence-electron chi connectivity index (χ1n) is 12.1. The van der Waals surface area contributed by atoms with Crippen molar-refractivity contribution in [2.45, 2.75) is 23.5 Å². The maximum Gasteiger partial charge on any atom is 0.243 e. The molecule has 1 amide bonds. The number of benzene rings is 3. The van der Waals surface area contributed by atoms with E-state index in [1.165, 1.54) is 28.2 Å². The van der Waals surface area contributed by atoms with Crippen LogP contribution in [0.4, 0.5) is 0 Å². The molecule has 2 N–H and O–H groups in total. The predicted molar refractivity (Wildman–Crippen MR) is 147 cm³/mol. The van der Waals surface area contributed by atoms with Crippen molar-refractivity contribution < 1.29 is 17.9 Å². The van der Waals surface area contributed by atoms with Crippen molar-refractivity contribution in [1.29, 1.82) is 0 Å². The molecule has 198 valence electrons. The summed E-state index contributed by atoms with van der Waals surface area (Å²) in [6, 6.07) is 25.1. The van der Waals surface area contributed by atoms with Gasteiger partial charge in [-0.15, -0.1) is 5.10 Å². The summed E-state index contributed by atoms with van der Waals surface area (Å²) in [5.41, 5.74) is 1.72. The van der Waals surface area contributed by atoms with Crippen molar-refractivity contribution in [2.24, 2.45) is 0 Å². The van der Waals surface area contributed by atoms with Gasteiger partial charge in [0.25, 0.3) is 0 Å². The van der Waals surface area contributed by atoms with E-state index in [0.717, 1.165) is 11.1 Å². The van der Waals surface area contributed by atoms with Crippen molar-refractivity contribution in [2.75, 3.05) is 25.4 Å². The van der Waals surface area contributed by atoms with Crippen LogP contribution in [0, 0.1) is 0 Å². The highest BCUT2D eigenvalue weighted by Gasteiger charge is 2.27. The molecule has 1 aromatic heterocycles. The number of carbonyl (C=O) groups excluding carboxylic acids is 1. The summed E-state index contributed by atoms with van der Waals surface area (Å²) in [5, 5.41) is 10.5. The van der Waals surface area contributed by atoms with Crippen LogP contribution in [0.5, 0.6) is 5.75 Å². The van der Waals surface area contributed by atoms with E-state index in [1.54, 1.807) is 12.1 Å². The average molecular weight is 552 g/mol. The lowest BCUT2D eigenvalue weighted by Crippen LogP contribution is -2.40. The molecule has 1 heterocycles. The molecule has 0 aliphatic carbocycles. The number of ether oxygens (including phenoxy) is 1. The second-order valence-corrected chi connectivity index (χ2v) is 11.2. The topological polar surface area (TPSA) is 117 Å². The molecule has 11 heteroatoms. The van der Waals surface area contributed by atoms with Gasteiger partial charge in [-0.05, 0) is 36.8 Å². The monoisotopic (exact) mass is 551 g/mol. The first kappa shape index (κ1) is 27.4. The minimum absolute atomic E-state index is 0.0675. The first-order valence-corrected chi connectivity index (χ1v) is 14.5. The van der Waals surface area contributed by atoms with E-state index < -0.39 is 15.9 Å². The molecule has 38 heavy (non-hydrogen) atoms. The maximum atomic E-state index is 13.5. The fourth-order valence-electron chi connectivity index (χ4n) is 3.62. The molecular formula is C27H29N5O4S2. The maximum absolute atomic E-state index is 13.5. The second kappa shape index (κ2) is 13.2. The summed E-state index contributed by atoms with van der Waals surface area (Å²) in [4.78, 5) is 17.3. The van der Waals surface area contributed by atoms with E-state index in [1.807, 2.05) is 67.6 Å². The van der Waals surface area contributed by atoms with E-state index in [0.29, 0.717) is 35.6 Å². The van der Waals surface area contributed by atoms with E-state index in [9.17, 15) is 13.2 Å². The van der Waals surface area contributed by atoms with Gasteiger partial charge >= 0.3 is 0 Å². The Morgan fingerprint density at radius 2 is 1.68 bits per heavy atom. The Balaban J connectivity index is 1.36. The quantitative estimate of drug-likeness (QED) is 0.191. The van der Waals surface area contributed by atoms with Gasteiger partial charge in [0.2, 0.25) is 21.1 Å². The van der Waals surface area contributed by atoms with E-state index in [4.69, 9.17) is 4.74 Å². The number of H-pyrrole nitrogens is 1. The normalized spacial score (nSPS) is 11.4. The average Bonchev–Trinajstić information content (AvgIpc) is 3.41. The van der Waals surface area contributed by atoms with Crippen LogP contribution in [0.25, 0.3) is 11.4 Å². The van der Waals surface area contributed by atoms with Crippen LogP contribution in [-0.2, 0) is 21.4 Å². The zero-order valence-electron chi connectivity index (χ0n) is 20.9. The van der Waals surface area contributed by atoms with Gasteiger partial charge in [-0.3, -0.25) is 9.89 Å². The lowest BCUT2D eigenvalue weighted by Gasteiger charge is -2.22. The van der Waals surface area contributed by atoms with Crippen molar-refractivity contribution in [3.63, 3.8) is 0 Å². The number of hydrogen-bond donors (Lipinski definition) is 2. The number of rotatable bonds is 13. The molecule has 4 rings (SSSR count). The summed E-state index contributed by atoms with van der Waals surface area (Å²) in [6.07, 6.45) is 0. The third-order valence-corrected chi connectivity index (χ3v) is 8.12. The lowest BCUT2D eigenvalue weighted by molar-refractivity contribution is -0.121. The summed E-state index contributed by atoms with van der Waals surface area (Å²) in [7, 11) is -3.94. The van der Waals surface area contributed by atoms with Crippen LogP contribution in [0.2, 0.25) is 0 Å². The van der Waals surface area contributed by atoms with Crippen LogP contribution in [0.15, 0.2) is 95.0 Å². The molecule has 0 atom stereocenters. The minimum atomic E-state index is -3.94. The Morgan fingerprint density at radius 1 is 1.00 bits per heavy atom. The Kier molecular flexibility index (Phi) is 9.52. The third-order valence-electron chi connectivity index (χ3n) is 5.46. The Labute approximate surface area is 226 Å². The third kappa shape index (κ3) is 7.44. The second-order valence-electron chi connectivity index (χ2n) is 8.19. The number of nitrogens with one attached hydrogen (secondary N) is 2. The first-order chi connectivity index (χ1) is 18.5. The van der Waals surface area contributed by atoms with E-state index >= 15 is 0 Å². The molecule has 0 aliphatic rings. The molecule has 0 saturated carbocycles. The number of aromatic amines is 1. The van der Waals surface area contributed by atoms with Gasteiger partial charge < -0.3 is 10.1 Å². The van der Waals surface area contributed by atoms with Gasteiger partial charge in [-0.2, -0.15) is 4.31 Å². The summed E-state index contributed by atoms with van der Waals surface area (Å²) >= 11 is 1.40. The largest absolute Gasteiger partial charge is 0.494 e. The minimum Gasteiger partial charge on any atom is -0.494 e. The molecule has 0 aliphatic heterocycles. The molecule has 0 radical (unpaired) electrons. The fraction of sp³-hybridized carbons (Fsp3) is 0.222. The highest BCUT2D eigenvalue weighted by molar-refractivity contribution is 7.99. The lowest BCUT2D eigenvalue weighted by atomic mass is 10.2. The molecule has 0 saturated heterocycles. The van der Waals surface area contributed by atoms with Crippen LogP contribution < -0.4 is 10.1 Å². The summed E-state index contributed by atoms with van der Waals surface area (Å²) in [6.45, 7) is 2.43. The Morgan fingerprint density at radius 3 is 2.37 bits per heavy atom. The molecule has 9 nitrogen and oxygen atoms in total. The number of carbonyl (C=O) groups is 1. The number of aromatic nitrogens is 3. The smallest absolute Gasteiger partial charge is 0.243 e. The zero-order chi connectivity index (χ0) is 26.8. The Bertz CT molecular complexity index is 1410. The number of thioether (sulfide) groups is 1. The molecule has 4 aromatic rings. The molecule has 0 unspecified atom stereocenters. The fourth-order valence-corrected chi connectivity index (χ4v) is 5.66. The summed E-state index contributed by atoms with van der Waals surface area (Å²) < 4.78 is 33.5. The van der Waals surface area contributed by atoms with E-state index in [2.05, 4.69) is 20.5 Å². The molecule has 0 fully saturated rings. The van der Waals surface area contributed by atoms with Crippen molar-refractivity contribution in [1.82, 2.24) is 24.8 Å².